The first kappa shape index (κ1) is 18.2. The van der Waals surface area contributed by atoms with Gasteiger partial charge < -0.3 is 14.2 Å². The van der Waals surface area contributed by atoms with Gasteiger partial charge in [-0.3, -0.25) is 4.79 Å². The van der Waals surface area contributed by atoms with Crippen LogP contribution >= 0.6 is 0 Å². The molecule has 0 saturated carbocycles. The maximum absolute atomic E-state index is 12.5. The van der Waals surface area contributed by atoms with Crippen LogP contribution in [-0.4, -0.2) is 31.6 Å². The summed E-state index contributed by atoms with van der Waals surface area (Å²) in [5.74, 6) is -1.00. The number of hydrogen-bond donors (Lipinski definition) is 0. The SMILES string of the molecule is CC(=O)OC(/C=C/COCOCc1ccccc1)C(F)(F)F. The maximum atomic E-state index is 12.5. The number of benzene rings is 1. The standard InChI is InChI=1S/C15H17F3O4/c1-12(19)22-14(15(16,17)18)8-5-9-20-11-21-10-13-6-3-2-4-7-13/h2-8,14H,9-11H2,1H3/b8-5+. The molecule has 1 aromatic carbocycles. The average Bonchev–Trinajstić information content (AvgIpc) is 2.44. The van der Waals surface area contributed by atoms with Gasteiger partial charge >= 0.3 is 12.1 Å². The van der Waals surface area contributed by atoms with Crippen LogP contribution in [0.1, 0.15) is 12.5 Å². The number of carbonyl (C=O) groups excluding carboxylic acids is 1. The van der Waals surface area contributed by atoms with E-state index in [-0.39, 0.29) is 13.4 Å². The molecule has 1 rings (SSSR count). The number of carbonyl (C=O) groups is 1. The molecule has 0 N–H and O–H groups in total. The first-order valence-corrected chi connectivity index (χ1v) is 6.49. The lowest BCUT2D eigenvalue weighted by Gasteiger charge is -2.16. The van der Waals surface area contributed by atoms with Crippen molar-refractivity contribution in [3.05, 3.63) is 48.0 Å². The van der Waals surface area contributed by atoms with Gasteiger partial charge in [0.15, 0.2) is 0 Å². The molecule has 0 bridgehead atoms. The number of rotatable bonds is 8. The number of halogens is 3. The monoisotopic (exact) mass is 318 g/mol. The van der Waals surface area contributed by atoms with Crippen molar-refractivity contribution in [1.29, 1.82) is 0 Å². The highest BCUT2D eigenvalue weighted by molar-refractivity contribution is 5.66. The Morgan fingerprint density at radius 1 is 1.23 bits per heavy atom. The first-order chi connectivity index (χ1) is 10.4. The van der Waals surface area contributed by atoms with Crippen LogP contribution in [0.4, 0.5) is 13.2 Å². The molecule has 1 atom stereocenters. The molecule has 0 aliphatic carbocycles. The van der Waals surface area contributed by atoms with Gasteiger partial charge in [-0.05, 0) is 11.6 Å². The van der Waals surface area contributed by atoms with E-state index in [0.29, 0.717) is 6.61 Å². The number of alkyl halides is 3. The molecule has 4 nitrogen and oxygen atoms in total. The molecule has 0 aliphatic rings. The Balaban J connectivity index is 2.22. The van der Waals surface area contributed by atoms with Crippen LogP contribution in [0.5, 0.6) is 0 Å². The smallest absolute Gasteiger partial charge is 0.429 e. The Morgan fingerprint density at radius 2 is 1.91 bits per heavy atom. The van der Waals surface area contributed by atoms with Gasteiger partial charge in [0.05, 0.1) is 13.2 Å². The van der Waals surface area contributed by atoms with Gasteiger partial charge in [0, 0.05) is 6.92 Å². The highest BCUT2D eigenvalue weighted by Crippen LogP contribution is 2.24. The fraction of sp³-hybridized carbons (Fsp3) is 0.400. The zero-order valence-electron chi connectivity index (χ0n) is 12.0. The maximum Gasteiger partial charge on any atom is 0.429 e. The summed E-state index contributed by atoms with van der Waals surface area (Å²) in [6.45, 7) is 1.13. The second kappa shape index (κ2) is 9.22. The summed E-state index contributed by atoms with van der Waals surface area (Å²) in [5.41, 5.74) is 0.966. The molecular weight excluding hydrogens is 301 g/mol. The van der Waals surface area contributed by atoms with Gasteiger partial charge in [0.25, 0.3) is 0 Å². The summed E-state index contributed by atoms with van der Waals surface area (Å²) < 4.78 is 51.9. The molecule has 22 heavy (non-hydrogen) atoms. The third-order valence-electron chi connectivity index (χ3n) is 2.42. The molecule has 0 radical (unpaired) electrons. The predicted octanol–water partition coefficient (Wildman–Crippen LogP) is 3.23. The molecule has 0 heterocycles. The van der Waals surface area contributed by atoms with E-state index in [1.54, 1.807) is 0 Å². The topological polar surface area (TPSA) is 44.8 Å². The lowest BCUT2D eigenvalue weighted by molar-refractivity contribution is -0.206. The summed E-state index contributed by atoms with van der Waals surface area (Å²) >= 11 is 0. The Bertz CT molecular complexity index is 471. The van der Waals surface area contributed by atoms with Crippen molar-refractivity contribution in [1.82, 2.24) is 0 Å². The zero-order valence-corrected chi connectivity index (χ0v) is 12.0. The van der Waals surface area contributed by atoms with Gasteiger partial charge in [-0.25, -0.2) is 0 Å². The third-order valence-corrected chi connectivity index (χ3v) is 2.42. The van der Waals surface area contributed by atoms with Crippen LogP contribution in [0.25, 0.3) is 0 Å². The second-order valence-electron chi connectivity index (χ2n) is 4.32. The van der Waals surface area contributed by atoms with E-state index < -0.39 is 18.2 Å². The molecule has 122 valence electrons. The van der Waals surface area contributed by atoms with Crippen LogP contribution in [0.2, 0.25) is 0 Å². The molecule has 1 unspecified atom stereocenters. The molecule has 0 spiro atoms. The van der Waals surface area contributed by atoms with Crippen LogP contribution in [0.3, 0.4) is 0 Å². The molecule has 0 aliphatic heterocycles. The number of ether oxygens (including phenoxy) is 3. The molecule has 0 fully saturated rings. The largest absolute Gasteiger partial charge is 0.449 e. The predicted molar refractivity (Wildman–Crippen MR) is 72.8 cm³/mol. The Morgan fingerprint density at radius 3 is 2.50 bits per heavy atom. The number of esters is 1. The van der Waals surface area contributed by atoms with Crippen molar-refractivity contribution in [2.24, 2.45) is 0 Å². The summed E-state index contributed by atoms with van der Waals surface area (Å²) in [6.07, 6.45) is -5.05. The summed E-state index contributed by atoms with van der Waals surface area (Å²) in [4.78, 5) is 10.6. The quantitative estimate of drug-likeness (QED) is 0.319. The Kier molecular flexibility index (Phi) is 7.62. The normalized spacial score (nSPS) is 13.3. The summed E-state index contributed by atoms with van der Waals surface area (Å²) in [5, 5.41) is 0. The summed E-state index contributed by atoms with van der Waals surface area (Å²) in [6, 6.07) is 9.38. The average molecular weight is 318 g/mol. The van der Waals surface area contributed by atoms with E-state index in [1.165, 1.54) is 0 Å². The number of hydrogen-bond acceptors (Lipinski definition) is 4. The van der Waals surface area contributed by atoms with Crippen LogP contribution in [-0.2, 0) is 25.6 Å². The minimum atomic E-state index is -4.65. The van der Waals surface area contributed by atoms with Gasteiger partial charge in [-0.1, -0.05) is 36.4 Å². The second-order valence-corrected chi connectivity index (χ2v) is 4.32. The highest BCUT2D eigenvalue weighted by atomic mass is 19.4. The first-order valence-electron chi connectivity index (χ1n) is 6.49. The molecule has 0 saturated heterocycles. The lowest BCUT2D eigenvalue weighted by Crippen LogP contribution is -2.31. The van der Waals surface area contributed by atoms with E-state index in [0.717, 1.165) is 24.6 Å². The van der Waals surface area contributed by atoms with E-state index in [1.807, 2.05) is 30.3 Å². The molecule has 7 heteroatoms. The fourth-order valence-corrected chi connectivity index (χ4v) is 1.48. The van der Waals surface area contributed by atoms with Gasteiger partial charge in [-0.2, -0.15) is 13.2 Å². The third kappa shape index (κ3) is 7.80. The van der Waals surface area contributed by atoms with E-state index >= 15 is 0 Å². The minimum absolute atomic E-state index is 0.0521. The van der Waals surface area contributed by atoms with Crippen molar-refractivity contribution in [3.8, 4) is 0 Å². The Labute approximate surface area is 126 Å². The van der Waals surface area contributed by atoms with Crippen LogP contribution in [0.15, 0.2) is 42.5 Å². The van der Waals surface area contributed by atoms with E-state index in [4.69, 9.17) is 9.47 Å². The van der Waals surface area contributed by atoms with Gasteiger partial charge in [0.2, 0.25) is 6.10 Å². The van der Waals surface area contributed by atoms with E-state index in [9.17, 15) is 18.0 Å². The molecule has 0 aromatic heterocycles. The van der Waals surface area contributed by atoms with E-state index in [2.05, 4.69) is 4.74 Å². The Hall–Kier alpha value is -1.86. The molecule has 0 amide bonds. The lowest BCUT2D eigenvalue weighted by atomic mass is 10.2. The molecule has 1 aromatic rings. The zero-order chi connectivity index (χ0) is 16.4. The van der Waals surface area contributed by atoms with Crippen molar-refractivity contribution in [2.75, 3.05) is 13.4 Å². The van der Waals surface area contributed by atoms with Gasteiger partial charge in [0.1, 0.15) is 6.79 Å². The van der Waals surface area contributed by atoms with Crippen molar-refractivity contribution < 1.29 is 32.2 Å². The van der Waals surface area contributed by atoms with Crippen LogP contribution < -0.4 is 0 Å². The summed E-state index contributed by atoms with van der Waals surface area (Å²) in [7, 11) is 0. The highest BCUT2D eigenvalue weighted by Gasteiger charge is 2.40. The minimum Gasteiger partial charge on any atom is -0.449 e. The van der Waals surface area contributed by atoms with Gasteiger partial charge in [-0.15, -0.1) is 0 Å². The molecular formula is C15H17F3O4. The van der Waals surface area contributed by atoms with Crippen LogP contribution in [0, 0.1) is 0 Å². The fourth-order valence-electron chi connectivity index (χ4n) is 1.48. The van der Waals surface area contributed by atoms with Crippen molar-refractivity contribution in [2.45, 2.75) is 25.8 Å². The van der Waals surface area contributed by atoms with Crippen molar-refractivity contribution in [3.63, 3.8) is 0 Å². The van der Waals surface area contributed by atoms with Crippen molar-refractivity contribution >= 4 is 5.97 Å².